The summed E-state index contributed by atoms with van der Waals surface area (Å²) in [4.78, 5) is 5.27. The summed E-state index contributed by atoms with van der Waals surface area (Å²) in [6.45, 7) is 6.83. The molecule has 0 amide bonds. The molecule has 0 bridgehead atoms. The minimum Gasteiger partial charge on any atom is -0.330 e. The van der Waals surface area contributed by atoms with Crippen LogP contribution in [0.5, 0.6) is 0 Å². The molecule has 1 saturated heterocycles. The molecule has 110 valence electrons. The van der Waals surface area contributed by atoms with Crippen LogP contribution in [0.4, 0.5) is 0 Å². The van der Waals surface area contributed by atoms with E-state index < -0.39 is 0 Å². The van der Waals surface area contributed by atoms with E-state index >= 15 is 0 Å². The molecule has 1 fully saturated rings. The van der Waals surface area contributed by atoms with E-state index in [9.17, 15) is 0 Å². The van der Waals surface area contributed by atoms with Crippen molar-refractivity contribution >= 4 is 0 Å². The Hall–Kier alpha value is -0.900. The first-order chi connectivity index (χ1) is 9.88. The van der Waals surface area contributed by atoms with Gasteiger partial charge in [-0.1, -0.05) is 24.3 Å². The highest BCUT2D eigenvalue weighted by atomic mass is 15.3. The Labute approximate surface area is 122 Å². The van der Waals surface area contributed by atoms with Crippen molar-refractivity contribution in [1.82, 2.24) is 9.80 Å². The Kier molecular flexibility index (Phi) is 4.71. The molecule has 1 atom stereocenters. The van der Waals surface area contributed by atoms with Crippen LogP contribution < -0.4 is 5.73 Å². The van der Waals surface area contributed by atoms with Gasteiger partial charge in [-0.3, -0.25) is 4.90 Å². The van der Waals surface area contributed by atoms with E-state index in [4.69, 9.17) is 5.73 Å². The summed E-state index contributed by atoms with van der Waals surface area (Å²) in [5, 5.41) is 0. The summed E-state index contributed by atoms with van der Waals surface area (Å²) in [5.74, 6) is 0. The monoisotopic (exact) mass is 273 g/mol. The van der Waals surface area contributed by atoms with Crippen LogP contribution in [0.2, 0.25) is 0 Å². The van der Waals surface area contributed by atoms with Crippen LogP contribution in [0.3, 0.4) is 0 Å². The van der Waals surface area contributed by atoms with Crippen molar-refractivity contribution in [2.24, 2.45) is 5.73 Å². The Bertz CT molecular complexity index is 424. The highest BCUT2D eigenvalue weighted by molar-refractivity contribution is 5.32. The second-order valence-electron chi connectivity index (χ2n) is 6.13. The summed E-state index contributed by atoms with van der Waals surface area (Å²) in [7, 11) is 0. The minimum atomic E-state index is 0.664. The molecule has 20 heavy (non-hydrogen) atoms. The van der Waals surface area contributed by atoms with Gasteiger partial charge in [0.05, 0.1) is 0 Å². The van der Waals surface area contributed by atoms with Crippen LogP contribution in [-0.2, 0) is 6.42 Å². The molecule has 0 spiro atoms. The molecule has 0 radical (unpaired) electrons. The van der Waals surface area contributed by atoms with Gasteiger partial charge in [-0.2, -0.15) is 0 Å². The van der Waals surface area contributed by atoms with Gasteiger partial charge in [0.2, 0.25) is 0 Å². The largest absolute Gasteiger partial charge is 0.330 e. The third-order valence-electron chi connectivity index (χ3n) is 4.86. The number of nitrogens with two attached hydrogens (primary N) is 1. The first-order valence-corrected chi connectivity index (χ1v) is 8.13. The molecule has 0 unspecified atom stereocenters. The molecular formula is C17H27N3. The van der Waals surface area contributed by atoms with E-state index in [0.29, 0.717) is 6.04 Å². The first kappa shape index (κ1) is 14.1. The van der Waals surface area contributed by atoms with Gasteiger partial charge < -0.3 is 10.6 Å². The van der Waals surface area contributed by atoms with Crippen molar-refractivity contribution in [3.63, 3.8) is 0 Å². The van der Waals surface area contributed by atoms with Crippen LogP contribution >= 0.6 is 0 Å². The molecule has 3 heteroatoms. The zero-order valence-electron chi connectivity index (χ0n) is 12.4. The molecule has 1 aliphatic heterocycles. The zero-order valence-corrected chi connectivity index (χ0v) is 12.4. The minimum absolute atomic E-state index is 0.664. The highest BCUT2D eigenvalue weighted by Crippen LogP contribution is 2.34. The lowest BCUT2D eigenvalue weighted by Crippen LogP contribution is -2.48. The quantitative estimate of drug-likeness (QED) is 0.911. The van der Waals surface area contributed by atoms with Gasteiger partial charge in [0, 0.05) is 32.2 Å². The average molecular weight is 273 g/mol. The summed E-state index contributed by atoms with van der Waals surface area (Å²) < 4.78 is 0. The van der Waals surface area contributed by atoms with E-state index in [1.165, 1.54) is 52.0 Å². The summed E-state index contributed by atoms with van der Waals surface area (Å²) >= 11 is 0. The number of piperazine rings is 1. The van der Waals surface area contributed by atoms with Crippen LogP contribution in [0.25, 0.3) is 0 Å². The molecule has 0 aromatic heterocycles. The molecule has 3 nitrogen and oxygen atoms in total. The van der Waals surface area contributed by atoms with Gasteiger partial charge in [-0.05, 0) is 49.9 Å². The Balaban J connectivity index is 1.62. The maximum atomic E-state index is 5.61. The van der Waals surface area contributed by atoms with Crippen LogP contribution in [-0.4, -0.2) is 49.1 Å². The Morgan fingerprint density at radius 2 is 1.90 bits per heavy atom. The van der Waals surface area contributed by atoms with Crippen LogP contribution in [0.15, 0.2) is 24.3 Å². The lowest BCUT2D eigenvalue weighted by molar-refractivity contribution is 0.0878. The van der Waals surface area contributed by atoms with Crippen LogP contribution in [0.1, 0.15) is 36.4 Å². The maximum Gasteiger partial charge on any atom is 0.0352 e. The molecular weight excluding hydrogens is 246 g/mol. The number of aryl methyl sites for hydroxylation is 1. The van der Waals surface area contributed by atoms with Gasteiger partial charge in [0.25, 0.3) is 0 Å². The highest BCUT2D eigenvalue weighted by Gasteiger charge is 2.28. The summed E-state index contributed by atoms with van der Waals surface area (Å²) in [5.41, 5.74) is 8.78. The third kappa shape index (κ3) is 3.05. The fourth-order valence-corrected chi connectivity index (χ4v) is 3.72. The zero-order chi connectivity index (χ0) is 13.8. The topological polar surface area (TPSA) is 32.5 Å². The van der Waals surface area contributed by atoms with E-state index in [1.807, 2.05) is 0 Å². The average Bonchev–Trinajstić information content (AvgIpc) is 2.53. The second kappa shape index (κ2) is 6.70. The molecule has 2 N–H and O–H groups in total. The number of hydrogen-bond acceptors (Lipinski definition) is 3. The number of nitrogens with zero attached hydrogens (tertiary/aromatic N) is 2. The molecule has 1 aliphatic carbocycles. The lowest BCUT2D eigenvalue weighted by Gasteiger charge is -2.41. The number of benzene rings is 1. The van der Waals surface area contributed by atoms with Gasteiger partial charge in [0.1, 0.15) is 0 Å². The third-order valence-corrected chi connectivity index (χ3v) is 4.86. The maximum absolute atomic E-state index is 5.61. The predicted molar refractivity (Wildman–Crippen MR) is 83.8 cm³/mol. The van der Waals surface area contributed by atoms with E-state index in [-0.39, 0.29) is 0 Å². The van der Waals surface area contributed by atoms with E-state index in [2.05, 4.69) is 34.1 Å². The van der Waals surface area contributed by atoms with Gasteiger partial charge in [0.15, 0.2) is 0 Å². The molecule has 0 saturated carbocycles. The van der Waals surface area contributed by atoms with E-state index in [1.54, 1.807) is 11.1 Å². The normalized spacial score (nSPS) is 24.6. The standard InChI is InChI=1S/C17H27N3/c18-9-4-10-19-11-13-20(14-12-19)17-8-3-6-15-5-1-2-7-16(15)17/h1-2,5,7,17H,3-4,6,8-14,18H2/t17-/m0/s1. The summed E-state index contributed by atoms with van der Waals surface area (Å²) in [6.07, 6.45) is 5.07. The van der Waals surface area contributed by atoms with Gasteiger partial charge in [-0.15, -0.1) is 0 Å². The van der Waals surface area contributed by atoms with Crippen molar-refractivity contribution in [2.45, 2.75) is 31.7 Å². The van der Waals surface area contributed by atoms with Crippen LogP contribution in [0, 0.1) is 0 Å². The van der Waals surface area contributed by atoms with Crippen molar-refractivity contribution in [3.8, 4) is 0 Å². The van der Waals surface area contributed by atoms with E-state index in [0.717, 1.165) is 13.0 Å². The van der Waals surface area contributed by atoms with Crippen molar-refractivity contribution in [1.29, 1.82) is 0 Å². The molecule has 1 aromatic carbocycles. The fraction of sp³-hybridized carbons (Fsp3) is 0.647. The summed E-state index contributed by atoms with van der Waals surface area (Å²) in [6, 6.07) is 9.72. The van der Waals surface area contributed by atoms with Gasteiger partial charge in [-0.25, -0.2) is 0 Å². The lowest BCUT2D eigenvalue weighted by atomic mass is 9.86. The Morgan fingerprint density at radius 1 is 1.10 bits per heavy atom. The second-order valence-corrected chi connectivity index (χ2v) is 6.13. The SMILES string of the molecule is NCCCN1CCN([C@H]2CCCc3ccccc32)CC1. The predicted octanol–water partition coefficient (Wildman–Crippen LogP) is 2.03. The number of fused-ring (bicyclic) bond motifs is 1. The fourth-order valence-electron chi connectivity index (χ4n) is 3.72. The first-order valence-electron chi connectivity index (χ1n) is 8.13. The molecule has 3 rings (SSSR count). The van der Waals surface area contributed by atoms with Gasteiger partial charge >= 0.3 is 0 Å². The smallest absolute Gasteiger partial charge is 0.0352 e. The Morgan fingerprint density at radius 3 is 2.70 bits per heavy atom. The molecule has 2 aliphatic rings. The number of rotatable bonds is 4. The number of hydrogen-bond donors (Lipinski definition) is 1. The van der Waals surface area contributed by atoms with Crippen molar-refractivity contribution in [2.75, 3.05) is 39.3 Å². The molecule has 1 aromatic rings. The molecule has 1 heterocycles. The van der Waals surface area contributed by atoms with Crippen molar-refractivity contribution in [3.05, 3.63) is 35.4 Å². The van der Waals surface area contributed by atoms with Crippen molar-refractivity contribution < 1.29 is 0 Å².